The molecule has 0 atom stereocenters. The van der Waals surface area contributed by atoms with Crippen LogP contribution in [-0.2, 0) is 0 Å². The summed E-state index contributed by atoms with van der Waals surface area (Å²) in [5.74, 6) is 0. The fourth-order valence-electron chi connectivity index (χ4n) is 0. The molecule has 0 amide bonds. The second kappa shape index (κ2) is 832. The first-order chi connectivity index (χ1) is 6.83. The van der Waals surface area contributed by atoms with Crippen molar-refractivity contribution >= 4 is 26.1 Å². The zero-order chi connectivity index (χ0) is 13.4. The molecule has 14 heavy (non-hydrogen) atoms. The summed E-state index contributed by atoms with van der Waals surface area (Å²) in [6.07, 6.45) is 1.69. The molecule has 0 aliphatic rings. The molecule has 0 aromatic heterocycles. The molecular formula is C10H29N3S. The molecule has 0 aliphatic carbocycles. The van der Waals surface area contributed by atoms with Gasteiger partial charge in [-0.25, -0.2) is 0 Å². The van der Waals surface area contributed by atoms with Gasteiger partial charge in [-0.05, 0) is 26.7 Å². The molecular weight excluding hydrogens is 194 g/mol. The Kier molecular flexibility index (Phi) is 2240. The van der Waals surface area contributed by atoms with Crippen LogP contribution in [0.25, 0.3) is 0 Å². The molecule has 0 heterocycles. The van der Waals surface area contributed by atoms with E-state index in [1.807, 2.05) is 13.8 Å². The van der Waals surface area contributed by atoms with Crippen LogP contribution in [0.5, 0.6) is 0 Å². The predicted molar refractivity (Wildman–Crippen MR) is 78.6 cm³/mol. The Bertz CT molecular complexity index is 44.6. The van der Waals surface area contributed by atoms with Crippen molar-refractivity contribution in [1.82, 2.24) is 0 Å². The average molecular weight is 223 g/mol. The third-order valence-corrected chi connectivity index (χ3v) is 0. The minimum Gasteiger partial charge on any atom is -0.333 e. The van der Waals surface area contributed by atoms with Gasteiger partial charge in [0.15, 0.2) is 0 Å². The summed E-state index contributed by atoms with van der Waals surface area (Å²) < 4.78 is 0. The summed E-state index contributed by atoms with van der Waals surface area (Å²) in [6, 6.07) is 0. The van der Waals surface area contributed by atoms with Crippen molar-refractivity contribution in [2.45, 2.75) is 13.8 Å². The Balaban J connectivity index is -0.0000000139. The monoisotopic (exact) mass is 223 g/mol. The van der Waals surface area contributed by atoms with Crippen LogP contribution in [0, 0.1) is 0 Å². The summed E-state index contributed by atoms with van der Waals surface area (Å²) in [5.41, 5.74) is 4.50. The molecule has 0 saturated heterocycles. The predicted octanol–water partition coefficient (Wildman–Crippen LogP) is 2.58. The molecule has 0 unspecified atom stereocenters. The Labute approximate surface area is 96.6 Å². The van der Waals surface area contributed by atoms with E-state index in [1.165, 1.54) is 7.05 Å². The Morgan fingerprint density at radius 2 is 0.857 bits per heavy atom. The average Bonchev–Trinajstić information content (AvgIpc) is 2.31. The van der Waals surface area contributed by atoms with Gasteiger partial charge in [0.1, 0.15) is 0 Å². The molecule has 2 N–H and O–H groups in total. The maximum Gasteiger partial charge on any atom is 0.0269 e. The fourth-order valence-corrected chi connectivity index (χ4v) is 0. The number of nitrogens with zero attached hydrogens (tertiary/aromatic N) is 2. The first kappa shape index (κ1) is 37.6. The lowest BCUT2D eigenvalue weighted by molar-refractivity contribution is 1.48. The van der Waals surface area contributed by atoms with E-state index in [-0.39, 0.29) is 0 Å². The van der Waals surface area contributed by atoms with Crippen molar-refractivity contribution in [2.24, 2.45) is 15.7 Å². The SMILES string of the molecule is C=C.C=NC.C=NC.CC.CN.CS. The highest BCUT2D eigenvalue weighted by Crippen LogP contribution is 1.31. The highest BCUT2D eigenvalue weighted by Gasteiger charge is 1.09. The van der Waals surface area contributed by atoms with E-state index < -0.39 is 0 Å². The molecule has 0 fully saturated rings. The maximum atomic E-state index is 4.50. The van der Waals surface area contributed by atoms with Crippen LogP contribution < -0.4 is 5.73 Å². The quantitative estimate of drug-likeness (QED) is 0.370. The largest absolute Gasteiger partial charge is 0.333 e. The van der Waals surface area contributed by atoms with Crippen LogP contribution in [0.3, 0.4) is 0 Å². The summed E-state index contributed by atoms with van der Waals surface area (Å²) >= 11 is 3.53. The van der Waals surface area contributed by atoms with Crippen molar-refractivity contribution in [3.63, 3.8) is 0 Å². The van der Waals surface area contributed by atoms with Crippen LogP contribution in [-0.4, -0.2) is 40.8 Å². The van der Waals surface area contributed by atoms with Gasteiger partial charge < -0.3 is 15.7 Å². The lowest BCUT2D eigenvalue weighted by atomic mass is 11.0. The molecule has 0 saturated carbocycles. The molecule has 3 nitrogen and oxygen atoms in total. The molecule has 0 radical (unpaired) electrons. The Morgan fingerprint density at radius 1 is 0.857 bits per heavy atom. The van der Waals surface area contributed by atoms with E-state index >= 15 is 0 Å². The molecule has 0 aliphatic heterocycles. The van der Waals surface area contributed by atoms with Gasteiger partial charge in [-0.15, -0.1) is 13.2 Å². The highest BCUT2D eigenvalue weighted by molar-refractivity contribution is 7.79. The molecule has 0 rings (SSSR count). The summed E-state index contributed by atoms with van der Waals surface area (Å²) in [4.78, 5) is 6.50. The number of thiol groups is 1. The smallest absolute Gasteiger partial charge is 0.0269 e. The molecule has 0 aromatic rings. The number of aliphatic imine (C=N–C) groups is 2. The van der Waals surface area contributed by atoms with E-state index in [4.69, 9.17) is 0 Å². The van der Waals surface area contributed by atoms with Gasteiger partial charge in [0, 0.05) is 14.1 Å². The van der Waals surface area contributed by atoms with Gasteiger partial charge in [0.2, 0.25) is 0 Å². The second-order valence-electron chi connectivity index (χ2n) is 0.632. The van der Waals surface area contributed by atoms with Crippen LogP contribution in [0.2, 0.25) is 0 Å². The van der Waals surface area contributed by atoms with Gasteiger partial charge in [0.25, 0.3) is 0 Å². The molecule has 90 valence electrons. The maximum absolute atomic E-state index is 4.50. The summed E-state index contributed by atoms with van der Waals surface area (Å²) in [6.45, 7) is 16.2. The standard InChI is InChI=1S/2C2H5N.C2H6.C2H4.CH5N.CH4S/c2*1-3-2;4*1-2/h2*1H2,2H3;1-2H3;1-2H2;2H2,1H3;2H,1H3. The van der Waals surface area contributed by atoms with Crippen molar-refractivity contribution in [1.29, 1.82) is 0 Å². The Hall–Kier alpha value is -0.610. The van der Waals surface area contributed by atoms with Crippen LogP contribution in [0.15, 0.2) is 23.1 Å². The lowest BCUT2D eigenvalue weighted by Gasteiger charge is -1.38. The van der Waals surface area contributed by atoms with Gasteiger partial charge >= 0.3 is 0 Å². The second-order valence-corrected chi connectivity index (χ2v) is 0.632. The van der Waals surface area contributed by atoms with E-state index in [2.05, 4.69) is 54.9 Å². The van der Waals surface area contributed by atoms with Gasteiger partial charge in [0.05, 0.1) is 0 Å². The van der Waals surface area contributed by atoms with Gasteiger partial charge in [-0.2, -0.15) is 12.6 Å². The topological polar surface area (TPSA) is 50.7 Å². The van der Waals surface area contributed by atoms with Crippen LogP contribution in [0.1, 0.15) is 13.8 Å². The number of hydrogen-bond acceptors (Lipinski definition) is 4. The van der Waals surface area contributed by atoms with Crippen LogP contribution in [0.4, 0.5) is 0 Å². The van der Waals surface area contributed by atoms with Crippen molar-refractivity contribution < 1.29 is 0 Å². The van der Waals surface area contributed by atoms with E-state index in [0.29, 0.717) is 0 Å². The highest BCUT2D eigenvalue weighted by atomic mass is 32.1. The van der Waals surface area contributed by atoms with E-state index in [9.17, 15) is 0 Å². The number of hydrogen-bond donors (Lipinski definition) is 2. The normalized spacial score (nSPS) is 3.43. The van der Waals surface area contributed by atoms with Crippen LogP contribution >= 0.6 is 12.6 Å². The molecule has 0 aromatic carbocycles. The van der Waals surface area contributed by atoms with Gasteiger partial charge in [-0.3, -0.25) is 0 Å². The molecule has 4 heteroatoms. The van der Waals surface area contributed by atoms with Crippen molar-refractivity contribution in [3.8, 4) is 0 Å². The third kappa shape index (κ3) is 3300. The first-order valence-corrected chi connectivity index (χ1v) is 4.95. The summed E-state index contributed by atoms with van der Waals surface area (Å²) in [7, 11) is 4.78. The molecule has 0 spiro atoms. The zero-order valence-corrected chi connectivity index (χ0v) is 11.6. The molecule has 0 bridgehead atoms. The number of rotatable bonds is 0. The zero-order valence-electron chi connectivity index (χ0n) is 10.7. The van der Waals surface area contributed by atoms with Crippen molar-refractivity contribution in [3.05, 3.63) is 13.2 Å². The Morgan fingerprint density at radius 3 is 0.857 bits per heavy atom. The van der Waals surface area contributed by atoms with Gasteiger partial charge in [-0.1, -0.05) is 13.8 Å². The lowest BCUT2D eigenvalue weighted by Crippen LogP contribution is -1.69. The minimum absolute atomic E-state index is 1.50. The first-order valence-electron chi connectivity index (χ1n) is 4.05. The van der Waals surface area contributed by atoms with Crippen molar-refractivity contribution in [2.75, 3.05) is 27.4 Å². The summed E-state index contributed by atoms with van der Waals surface area (Å²) in [5, 5.41) is 0. The third-order valence-electron chi connectivity index (χ3n) is 0. The van der Waals surface area contributed by atoms with E-state index in [1.54, 1.807) is 20.4 Å². The fraction of sp³-hybridized carbons (Fsp3) is 0.600. The van der Waals surface area contributed by atoms with E-state index in [0.717, 1.165) is 0 Å². The number of nitrogens with two attached hydrogens (primary N) is 1. The minimum atomic E-state index is 1.50.